The lowest BCUT2D eigenvalue weighted by atomic mass is 10.0. The topological polar surface area (TPSA) is 83.1 Å². The number of amides is 2. The number of nitrogens with zero attached hydrogens (tertiary/aromatic N) is 2. The van der Waals surface area contributed by atoms with Crippen LogP contribution in [0, 0.1) is 0 Å². The molecule has 45 heavy (non-hydrogen) atoms. The molecule has 2 N–H and O–H groups in total. The first-order valence-electron chi connectivity index (χ1n) is 15.0. The Labute approximate surface area is 265 Å². The van der Waals surface area contributed by atoms with Gasteiger partial charge in [0, 0.05) is 42.3 Å². The molecule has 2 fully saturated rings. The Bertz CT molecular complexity index is 1430. The lowest BCUT2D eigenvalue weighted by molar-refractivity contribution is -0.137. The van der Waals surface area contributed by atoms with Crippen LogP contribution >= 0.6 is 11.9 Å². The van der Waals surface area contributed by atoms with Crippen LogP contribution in [0.4, 0.5) is 24.5 Å². The summed E-state index contributed by atoms with van der Waals surface area (Å²) in [6.45, 7) is 3.46. The second-order valence-electron chi connectivity index (χ2n) is 11.0. The number of methoxy groups -OCH3 is 1. The van der Waals surface area contributed by atoms with Crippen LogP contribution in [0.5, 0.6) is 5.75 Å². The minimum atomic E-state index is -4.46. The van der Waals surface area contributed by atoms with Gasteiger partial charge >= 0.3 is 6.18 Å². The molecule has 12 heteroatoms. The van der Waals surface area contributed by atoms with Crippen molar-refractivity contribution in [2.75, 3.05) is 50.2 Å². The summed E-state index contributed by atoms with van der Waals surface area (Å²) < 4.78 is 52.4. The number of anilines is 2. The number of hydrogen-bond acceptors (Lipinski definition) is 7. The summed E-state index contributed by atoms with van der Waals surface area (Å²) in [5.41, 5.74) is 1.73. The highest BCUT2D eigenvalue weighted by molar-refractivity contribution is 7.97. The van der Waals surface area contributed by atoms with Crippen molar-refractivity contribution < 1.29 is 32.2 Å². The molecule has 0 radical (unpaired) electrons. The standard InChI is InChI=1S/C33H37F3N4O4S/c1-43-27-14-8-23(9-15-27)21-29(31(41)37-25-10-12-26(13-11-25)39-17-19-44-20-18-39)38-32(42)30-7-2-3-16-40(30)45-28-6-4-5-24(22-28)33(34,35)36/h4-6,8-15,22,29-30H,2-3,7,16-21H2,1H3,(H,37,41)(H,38,42). The average molecular weight is 643 g/mol. The zero-order chi connectivity index (χ0) is 31.8. The summed E-state index contributed by atoms with van der Waals surface area (Å²) in [5.74, 6) is -0.0368. The molecule has 3 aromatic rings. The van der Waals surface area contributed by atoms with Gasteiger partial charge in [-0.25, -0.2) is 4.31 Å². The van der Waals surface area contributed by atoms with E-state index in [1.54, 1.807) is 25.3 Å². The monoisotopic (exact) mass is 642 g/mol. The van der Waals surface area contributed by atoms with Crippen molar-refractivity contribution in [2.45, 2.75) is 48.8 Å². The number of piperidine rings is 1. The molecule has 3 aromatic carbocycles. The number of ether oxygens (including phenoxy) is 2. The van der Waals surface area contributed by atoms with E-state index >= 15 is 0 Å². The lowest BCUT2D eigenvalue weighted by Crippen LogP contribution is -2.53. The molecule has 2 atom stereocenters. The molecule has 2 heterocycles. The van der Waals surface area contributed by atoms with Gasteiger partial charge in [0.2, 0.25) is 11.8 Å². The second kappa shape index (κ2) is 15.0. The van der Waals surface area contributed by atoms with E-state index in [4.69, 9.17) is 9.47 Å². The smallest absolute Gasteiger partial charge is 0.416 e. The van der Waals surface area contributed by atoms with Crippen molar-refractivity contribution >= 4 is 35.1 Å². The molecule has 0 aromatic heterocycles. The van der Waals surface area contributed by atoms with Crippen molar-refractivity contribution in [3.63, 3.8) is 0 Å². The van der Waals surface area contributed by atoms with Crippen LogP contribution in [0.25, 0.3) is 0 Å². The Morgan fingerprint density at radius 2 is 1.73 bits per heavy atom. The highest BCUT2D eigenvalue weighted by Gasteiger charge is 2.34. The number of halogens is 3. The second-order valence-corrected chi connectivity index (χ2v) is 12.1. The molecule has 2 aliphatic rings. The Morgan fingerprint density at radius 1 is 1.00 bits per heavy atom. The number of rotatable bonds is 10. The van der Waals surface area contributed by atoms with Crippen LogP contribution in [0.1, 0.15) is 30.4 Å². The van der Waals surface area contributed by atoms with E-state index < -0.39 is 23.8 Å². The summed E-state index contributed by atoms with van der Waals surface area (Å²) in [7, 11) is 1.57. The largest absolute Gasteiger partial charge is 0.497 e. The summed E-state index contributed by atoms with van der Waals surface area (Å²) in [5, 5.41) is 5.91. The Kier molecular flexibility index (Phi) is 10.9. The lowest BCUT2D eigenvalue weighted by Gasteiger charge is -2.34. The quantitative estimate of drug-likeness (QED) is 0.272. The fourth-order valence-electron chi connectivity index (χ4n) is 5.42. The predicted octanol–water partition coefficient (Wildman–Crippen LogP) is 5.78. The first-order chi connectivity index (χ1) is 21.7. The van der Waals surface area contributed by atoms with E-state index in [9.17, 15) is 22.8 Å². The van der Waals surface area contributed by atoms with Crippen molar-refractivity contribution in [1.82, 2.24) is 9.62 Å². The third-order valence-corrected chi connectivity index (χ3v) is 9.02. The molecule has 0 bridgehead atoms. The van der Waals surface area contributed by atoms with E-state index in [1.165, 1.54) is 6.07 Å². The first-order valence-corrected chi connectivity index (χ1v) is 15.8. The van der Waals surface area contributed by atoms with Crippen molar-refractivity contribution in [1.29, 1.82) is 0 Å². The van der Waals surface area contributed by atoms with Crippen molar-refractivity contribution in [3.8, 4) is 5.75 Å². The van der Waals surface area contributed by atoms with Gasteiger partial charge < -0.3 is 25.0 Å². The maximum absolute atomic E-state index is 13.7. The molecule has 0 spiro atoms. The van der Waals surface area contributed by atoms with Crippen LogP contribution in [-0.2, 0) is 26.9 Å². The molecule has 0 aliphatic carbocycles. The predicted molar refractivity (Wildman–Crippen MR) is 168 cm³/mol. The average Bonchev–Trinajstić information content (AvgIpc) is 3.05. The van der Waals surface area contributed by atoms with E-state index in [0.717, 1.165) is 61.3 Å². The van der Waals surface area contributed by atoms with E-state index in [1.807, 2.05) is 40.7 Å². The maximum Gasteiger partial charge on any atom is 0.416 e. The van der Waals surface area contributed by atoms with E-state index in [0.29, 0.717) is 42.5 Å². The number of alkyl halides is 3. The van der Waals surface area contributed by atoms with Crippen LogP contribution < -0.4 is 20.3 Å². The molecule has 2 unspecified atom stereocenters. The van der Waals surface area contributed by atoms with Gasteiger partial charge in [0.05, 0.1) is 31.9 Å². The fourth-order valence-corrected chi connectivity index (χ4v) is 6.56. The van der Waals surface area contributed by atoms with Gasteiger partial charge in [-0.05, 0) is 85.0 Å². The molecule has 5 rings (SSSR count). The molecule has 8 nitrogen and oxygen atoms in total. The Hall–Kier alpha value is -3.74. The summed E-state index contributed by atoms with van der Waals surface area (Å²) in [4.78, 5) is 30.0. The highest BCUT2D eigenvalue weighted by atomic mass is 32.2. The number of hydrogen-bond donors (Lipinski definition) is 2. The SMILES string of the molecule is COc1ccc(CC(NC(=O)C2CCCCN2Sc2cccc(C(F)(F)F)c2)C(=O)Nc2ccc(N3CCOCC3)cc2)cc1. The van der Waals surface area contributed by atoms with Crippen LogP contribution in [0.2, 0.25) is 0 Å². The Morgan fingerprint density at radius 3 is 2.42 bits per heavy atom. The normalized spacial score (nSPS) is 18.2. The number of nitrogens with one attached hydrogen (secondary N) is 2. The van der Waals surface area contributed by atoms with Gasteiger partial charge in [-0.15, -0.1) is 0 Å². The summed E-state index contributed by atoms with van der Waals surface area (Å²) in [6.07, 6.45) is -2.09. The number of morpholine rings is 1. The maximum atomic E-state index is 13.7. The first kappa shape index (κ1) is 32.6. The summed E-state index contributed by atoms with van der Waals surface area (Å²) >= 11 is 1.14. The molecule has 2 aliphatic heterocycles. The van der Waals surface area contributed by atoms with Gasteiger partial charge in [-0.1, -0.05) is 24.6 Å². The molecular formula is C33H37F3N4O4S. The van der Waals surface area contributed by atoms with Crippen LogP contribution in [-0.4, -0.2) is 68.2 Å². The third-order valence-electron chi connectivity index (χ3n) is 7.88. The summed E-state index contributed by atoms with van der Waals surface area (Å²) in [6, 6.07) is 18.4. The zero-order valence-corrected chi connectivity index (χ0v) is 25.8. The van der Waals surface area contributed by atoms with Crippen LogP contribution in [0.15, 0.2) is 77.7 Å². The van der Waals surface area contributed by atoms with Gasteiger partial charge in [0.1, 0.15) is 11.8 Å². The fraction of sp³-hybridized carbons (Fsp3) is 0.394. The van der Waals surface area contributed by atoms with Gasteiger partial charge in [-0.2, -0.15) is 13.2 Å². The Balaban J connectivity index is 1.30. The van der Waals surface area contributed by atoms with Crippen LogP contribution in [0.3, 0.4) is 0 Å². The molecule has 2 amide bonds. The number of carbonyl (C=O) groups excluding carboxylic acids is 2. The van der Waals surface area contributed by atoms with Gasteiger partial charge in [0.25, 0.3) is 0 Å². The minimum Gasteiger partial charge on any atom is -0.497 e. The minimum absolute atomic E-state index is 0.237. The molecule has 2 saturated heterocycles. The zero-order valence-electron chi connectivity index (χ0n) is 25.0. The number of benzene rings is 3. The molecule has 0 saturated carbocycles. The number of carbonyl (C=O) groups is 2. The van der Waals surface area contributed by atoms with Gasteiger partial charge in [0.15, 0.2) is 0 Å². The molecular weight excluding hydrogens is 605 g/mol. The van der Waals surface area contributed by atoms with E-state index in [2.05, 4.69) is 15.5 Å². The molecule has 240 valence electrons. The third kappa shape index (κ3) is 8.93. The highest BCUT2D eigenvalue weighted by Crippen LogP contribution is 2.35. The van der Waals surface area contributed by atoms with E-state index in [-0.39, 0.29) is 18.2 Å². The van der Waals surface area contributed by atoms with Crippen molar-refractivity contribution in [2.24, 2.45) is 0 Å². The van der Waals surface area contributed by atoms with Crippen molar-refractivity contribution in [3.05, 3.63) is 83.9 Å². The van der Waals surface area contributed by atoms with Gasteiger partial charge in [-0.3, -0.25) is 9.59 Å².